The predicted molar refractivity (Wildman–Crippen MR) is 176 cm³/mol. The molecule has 3 fully saturated rings. The highest BCUT2D eigenvalue weighted by Gasteiger charge is 2.68. The summed E-state index contributed by atoms with van der Waals surface area (Å²) in [7, 11) is 0. The molecule has 1 aromatic heterocycles. The molecule has 4 aromatic rings. The Morgan fingerprint density at radius 3 is 2.63 bits per heavy atom. The molecule has 0 spiro atoms. The topological polar surface area (TPSA) is 87.4 Å². The third kappa shape index (κ3) is 4.13. The second-order valence-electron chi connectivity index (χ2n) is 14.9. The van der Waals surface area contributed by atoms with Crippen LogP contribution in [-0.2, 0) is 11.2 Å². The van der Waals surface area contributed by atoms with E-state index in [1.54, 1.807) is 12.1 Å². The standard InChI is InChI=1S/C39H42FN3O3/c1-23(29-10-6-8-24-7-4-5-9-30(24)29)42-36(45)39(46)18-17-32-31-16-11-26-19-33-25(22-41-43(33)28-14-12-27(40)13-15-28)20-37(26,2)35(31)34(44)21-38(32,39)3/h4-10,12-15,19,22-23,31-32,34-35,44,46H,11,16-18,20-21H2,1-3H3,(H,42,45)/t23-,31?,32?,34+,35?,37+,38+,39+/m1/s1. The van der Waals surface area contributed by atoms with Crippen LogP contribution in [0, 0.1) is 34.4 Å². The number of rotatable bonds is 4. The number of aliphatic hydroxyl groups is 2. The molecular formula is C39H42FN3O3. The van der Waals surface area contributed by atoms with E-state index in [-0.39, 0.29) is 40.9 Å². The van der Waals surface area contributed by atoms with Crippen LogP contribution in [0.5, 0.6) is 0 Å². The van der Waals surface area contributed by atoms with Gasteiger partial charge in [0.25, 0.3) is 5.91 Å². The molecule has 4 aliphatic carbocycles. The molecule has 0 aliphatic heterocycles. The van der Waals surface area contributed by atoms with Crippen molar-refractivity contribution in [1.82, 2.24) is 15.1 Å². The Morgan fingerprint density at radius 2 is 1.83 bits per heavy atom. The monoisotopic (exact) mass is 619 g/mol. The number of aliphatic hydroxyl groups excluding tert-OH is 1. The number of nitrogens with one attached hydrogen (secondary N) is 1. The van der Waals surface area contributed by atoms with Gasteiger partial charge >= 0.3 is 0 Å². The zero-order valence-electron chi connectivity index (χ0n) is 26.7. The van der Waals surface area contributed by atoms with Crippen molar-refractivity contribution in [2.75, 3.05) is 0 Å². The summed E-state index contributed by atoms with van der Waals surface area (Å²) < 4.78 is 15.5. The van der Waals surface area contributed by atoms with Gasteiger partial charge in [-0.25, -0.2) is 9.07 Å². The number of carbonyl (C=O) groups excluding carboxylic acids is 1. The summed E-state index contributed by atoms with van der Waals surface area (Å²) in [6.45, 7) is 6.32. The molecule has 1 heterocycles. The van der Waals surface area contributed by atoms with Gasteiger partial charge in [0.1, 0.15) is 11.4 Å². The van der Waals surface area contributed by atoms with E-state index < -0.39 is 17.1 Å². The average molecular weight is 620 g/mol. The lowest BCUT2D eigenvalue weighted by Crippen LogP contribution is -2.63. The van der Waals surface area contributed by atoms with Crippen LogP contribution in [0.25, 0.3) is 22.5 Å². The Labute approximate surface area is 269 Å². The molecule has 6 nitrogen and oxygen atoms in total. The van der Waals surface area contributed by atoms with Crippen LogP contribution in [0.3, 0.4) is 0 Å². The third-order valence-electron chi connectivity index (χ3n) is 12.7. The Kier molecular flexibility index (Phi) is 6.65. The van der Waals surface area contributed by atoms with Gasteiger partial charge in [0.05, 0.1) is 29.7 Å². The van der Waals surface area contributed by atoms with Crippen LogP contribution in [0.15, 0.2) is 78.5 Å². The summed E-state index contributed by atoms with van der Waals surface area (Å²) >= 11 is 0. The molecular weight excluding hydrogens is 577 g/mol. The lowest BCUT2D eigenvalue weighted by atomic mass is 9.45. The zero-order valence-corrected chi connectivity index (χ0v) is 26.7. The number of carbonyl (C=O) groups is 1. The van der Waals surface area contributed by atoms with Gasteiger partial charge in [0.15, 0.2) is 0 Å². The number of halogens is 1. The molecule has 8 rings (SSSR count). The number of aromatic nitrogens is 2. The number of fused-ring (bicyclic) bond motifs is 7. The SMILES string of the molecule is C[C@@H](NC(=O)[C@@]1(O)CCC2C3CCC4=Cc5c(cnn5-c5ccc(F)cc5)C[C@]4(C)C3[C@@H](O)C[C@@]21C)c1cccc2ccccc12. The fourth-order valence-electron chi connectivity index (χ4n) is 10.4. The maximum atomic E-state index is 14.1. The smallest absolute Gasteiger partial charge is 0.253 e. The number of amides is 1. The van der Waals surface area contributed by atoms with Gasteiger partial charge in [0, 0.05) is 5.41 Å². The molecule has 0 bridgehead atoms. The van der Waals surface area contributed by atoms with Crippen molar-refractivity contribution >= 4 is 22.8 Å². The molecule has 1 amide bonds. The lowest BCUT2D eigenvalue weighted by molar-refractivity contribution is -0.181. The molecule has 238 valence electrons. The third-order valence-corrected chi connectivity index (χ3v) is 12.7. The van der Waals surface area contributed by atoms with E-state index >= 15 is 0 Å². The van der Waals surface area contributed by atoms with Gasteiger partial charge in [-0.3, -0.25) is 4.79 Å². The number of allylic oxidation sites excluding steroid dienone is 1. The average Bonchev–Trinajstić information content (AvgIpc) is 3.56. The molecule has 7 heteroatoms. The summed E-state index contributed by atoms with van der Waals surface area (Å²) in [6.07, 6.45) is 7.63. The van der Waals surface area contributed by atoms with E-state index in [9.17, 15) is 19.4 Å². The van der Waals surface area contributed by atoms with Gasteiger partial charge in [-0.2, -0.15) is 5.10 Å². The van der Waals surface area contributed by atoms with Crippen molar-refractivity contribution < 1.29 is 19.4 Å². The summed E-state index contributed by atoms with van der Waals surface area (Å²) in [5, 5.41) is 34.4. The van der Waals surface area contributed by atoms with E-state index in [4.69, 9.17) is 0 Å². The maximum absolute atomic E-state index is 14.1. The second-order valence-corrected chi connectivity index (χ2v) is 14.9. The number of nitrogens with zero attached hydrogens (tertiary/aromatic N) is 2. The van der Waals surface area contributed by atoms with Crippen molar-refractivity contribution in [2.45, 2.75) is 77.0 Å². The zero-order chi connectivity index (χ0) is 32.0. The van der Waals surface area contributed by atoms with Crippen molar-refractivity contribution in [2.24, 2.45) is 28.6 Å². The van der Waals surface area contributed by atoms with E-state index in [0.717, 1.165) is 59.0 Å². The molecule has 8 atom stereocenters. The van der Waals surface area contributed by atoms with E-state index in [1.807, 2.05) is 49.0 Å². The fourth-order valence-corrected chi connectivity index (χ4v) is 10.4. The minimum atomic E-state index is -1.56. The van der Waals surface area contributed by atoms with Crippen LogP contribution in [-0.4, -0.2) is 37.6 Å². The molecule has 3 saturated carbocycles. The Balaban J connectivity index is 1.07. The number of hydrogen-bond acceptors (Lipinski definition) is 4. The van der Waals surface area contributed by atoms with Crippen molar-refractivity contribution in [3.05, 3.63) is 101 Å². The summed E-state index contributed by atoms with van der Waals surface area (Å²) in [5.41, 5.74) is 2.78. The maximum Gasteiger partial charge on any atom is 0.253 e. The van der Waals surface area contributed by atoms with Crippen LogP contribution < -0.4 is 5.32 Å². The fraction of sp³-hybridized carbons (Fsp3) is 0.436. The first-order valence-electron chi connectivity index (χ1n) is 16.8. The predicted octanol–water partition coefficient (Wildman–Crippen LogP) is 6.93. The van der Waals surface area contributed by atoms with E-state index in [2.05, 4.69) is 41.6 Å². The van der Waals surface area contributed by atoms with Gasteiger partial charge < -0.3 is 15.5 Å². The highest BCUT2D eigenvalue weighted by molar-refractivity contribution is 5.89. The minimum Gasteiger partial charge on any atom is -0.393 e. The van der Waals surface area contributed by atoms with Crippen molar-refractivity contribution in [1.29, 1.82) is 0 Å². The van der Waals surface area contributed by atoms with Gasteiger partial charge in [0.2, 0.25) is 0 Å². The quantitative estimate of drug-likeness (QED) is 0.231. The molecule has 0 saturated heterocycles. The highest BCUT2D eigenvalue weighted by Crippen LogP contribution is 2.67. The van der Waals surface area contributed by atoms with Crippen LogP contribution in [0.1, 0.15) is 75.7 Å². The summed E-state index contributed by atoms with van der Waals surface area (Å²) in [4.78, 5) is 14.1. The molecule has 3 unspecified atom stereocenters. The van der Waals surface area contributed by atoms with Crippen LogP contribution in [0.4, 0.5) is 4.39 Å². The van der Waals surface area contributed by atoms with Crippen LogP contribution >= 0.6 is 0 Å². The Morgan fingerprint density at radius 1 is 1.07 bits per heavy atom. The first kappa shape index (κ1) is 29.6. The Hall–Kier alpha value is -3.81. The van der Waals surface area contributed by atoms with E-state index in [1.165, 1.54) is 17.7 Å². The van der Waals surface area contributed by atoms with Crippen molar-refractivity contribution in [3.8, 4) is 5.69 Å². The van der Waals surface area contributed by atoms with E-state index in [0.29, 0.717) is 12.8 Å². The molecule has 0 radical (unpaired) electrons. The summed E-state index contributed by atoms with van der Waals surface area (Å²) in [6, 6.07) is 20.4. The first-order chi connectivity index (χ1) is 22.0. The van der Waals surface area contributed by atoms with Crippen LogP contribution in [0.2, 0.25) is 0 Å². The largest absolute Gasteiger partial charge is 0.393 e. The van der Waals surface area contributed by atoms with Crippen molar-refractivity contribution in [3.63, 3.8) is 0 Å². The number of hydrogen-bond donors (Lipinski definition) is 3. The highest BCUT2D eigenvalue weighted by atomic mass is 19.1. The molecule has 46 heavy (non-hydrogen) atoms. The minimum absolute atomic E-state index is 0.0212. The second kappa shape index (κ2) is 10.3. The molecule has 4 aliphatic rings. The Bertz CT molecular complexity index is 1880. The normalized spacial score (nSPS) is 33.7. The van der Waals surface area contributed by atoms with Gasteiger partial charge in [-0.15, -0.1) is 0 Å². The number of benzene rings is 3. The summed E-state index contributed by atoms with van der Waals surface area (Å²) in [5.74, 6) is -0.259. The first-order valence-corrected chi connectivity index (χ1v) is 16.8. The molecule has 3 N–H and O–H groups in total. The lowest BCUT2D eigenvalue weighted by Gasteiger charge is -2.60. The molecule has 3 aromatic carbocycles. The van der Waals surface area contributed by atoms with Gasteiger partial charge in [-0.1, -0.05) is 61.9 Å². The van der Waals surface area contributed by atoms with Gasteiger partial charge in [-0.05, 0) is 121 Å².